The van der Waals surface area contributed by atoms with Crippen LogP contribution in [-0.2, 0) is 4.79 Å². The minimum Gasteiger partial charge on any atom is -0.423 e. The molecule has 23 heavy (non-hydrogen) atoms. The van der Waals surface area contributed by atoms with E-state index >= 15 is 0 Å². The van der Waals surface area contributed by atoms with E-state index < -0.39 is 5.63 Å². The second-order valence-electron chi connectivity index (χ2n) is 6.37. The summed E-state index contributed by atoms with van der Waals surface area (Å²) in [4.78, 5) is 23.6. The third-order valence-electron chi connectivity index (χ3n) is 3.58. The van der Waals surface area contributed by atoms with Crippen molar-refractivity contribution < 1.29 is 60.6 Å². The van der Waals surface area contributed by atoms with Crippen LogP contribution in [0.3, 0.4) is 0 Å². The molecular weight excluding hydrogens is 317 g/mol. The van der Waals surface area contributed by atoms with Crippen LogP contribution < -0.4 is 62.3 Å². The van der Waals surface area contributed by atoms with Gasteiger partial charge < -0.3 is 24.1 Å². The summed E-state index contributed by atoms with van der Waals surface area (Å²) in [5.74, 6) is -0.533. The van der Waals surface area contributed by atoms with Crippen LogP contribution in [0.25, 0.3) is 11.0 Å². The van der Waals surface area contributed by atoms with Gasteiger partial charge in [0.05, 0.1) is 0 Å². The van der Waals surface area contributed by atoms with Gasteiger partial charge in [-0.05, 0) is 24.6 Å². The van der Waals surface area contributed by atoms with E-state index in [9.17, 15) is 9.59 Å². The van der Waals surface area contributed by atoms with Gasteiger partial charge in [0.1, 0.15) is 5.58 Å². The minimum absolute atomic E-state index is 0. The Bertz CT molecular complexity index is 744. The topological polar surface area (TPSA) is 59.3 Å². The van der Waals surface area contributed by atoms with Crippen molar-refractivity contribution in [1.29, 1.82) is 0 Å². The van der Waals surface area contributed by atoms with Crippen LogP contribution >= 0.6 is 0 Å². The molecule has 0 aliphatic carbocycles. The molecule has 0 radical (unpaired) electrons. The molecule has 0 aliphatic rings. The third-order valence-corrected chi connectivity index (χ3v) is 3.58. The van der Waals surface area contributed by atoms with Crippen molar-refractivity contribution in [2.75, 3.05) is 5.32 Å². The molecule has 4 nitrogen and oxygen atoms in total. The average molecular weight is 340 g/mol. The van der Waals surface area contributed by atoms with Gasteiger partial charge in [0, 0.05) is 23.2 Å². The molecule has 0 spiro atoms. The molecule has 1 heterocycles. The summed E-state index contributed by atoms with van der Waals surface area (Å²) in [5, 5.41) is 3.67. The summed E-state index contributed by atoms with van der Waals surface area (Å²) in [5.41, 5.74) is 1.30. The zero-order valence-electron chi connectivity index (χ0n) is 14.8. The smallest absolute Gasteiger partial charge is 0.423 e. The number of hydrogen-bond donors (Lipinski definition) is 1. The Kier molecular flexibility index (Phi) is 8.41. The molecule has 1 aromatic carbocycles. The fraction of sp³-hybridized carbons (Fsp3) is 0.333. The summed E-state index contributed by atoms with van der Waals surface area (Å²) >= 11 is 0. The molecule has 0 bridgehead atoms. The van der Waals surface area contributed by atoms with E-state index in [0.29, 0.717) is 11.3 Å². The zero-order valence-corrected chi connectivity index (χ0v) is 17.9. The molecule has 0 saturated carbocycles. The van der Waals surface area contributed by atoms with E-state index in [1.54, 1.807) is 12.1 Å². The van der Waals surface area contributed by atoms with Crippen molar-refractivity contribution in [3.05, 3.63) is 54.6 Å². The molecule has 120 valence electrons. The maximum absolute atomic E-state index is 12.2. The fourth-order valence-electron chi connectivity index (χ4n) is 2.03. The Balaban J connectivity index is 0.00000242. The normalized spacial score (nSPS) is 12.0. The van der Waals surface area contributed by atoms with Crippen LogP contribution in [0.4, 0.5) is 5.69 Å². The number of fused-ring (bicyclic) bond motifs is 1. The molecule has 1 N–H and O–H groups in total. The van der Waals surface area contributed by atoms with Crippen LogP contribution in [0.1, 0.15) is 26.3 Å². The van der Waals surface area contributed by atoms with Gasteiger partial charge in [-0.1, -0.05) is 32.1 Å². The van der Waals surface area contributed by atoms with Gasteiger partial charge in [-0.3, -0.25) is 4.79 Å². The largest absolute Gasteiger partial charge is 1.00 e. The summed E-state index contributed by atoms with van der Waals surface area (Å²) in [6.45, 7) is 11.7. The van der Waals surface area contributed by atoms with Crippen LogP contribution in [0.5, 0.6) is 0 Å². The van der Waals surface area contributed by atoms with Gasteiger partial charge >= 0.3 is 57.0 Å². The van der Waals surface area contributed by atoms with Crippen molar-refractivity contribution in [2.45, 2.75) is 27.7 Å². The first-order valence-electron chi connectivity index (χ1n) is 6.87. The quantitative estimate of drug-likeness (QED) is 0.504. The monoisotopic (exact) mass is 340 g/mol. The van der Waals surface area contributed by atoms with E-state index in [4.69, 9.17) is 4.42 Å². The van der Waals surface area contributed by atoms with Gasteiger partial charge in [0.15, 0.2) is 5.91 Å². The summed E-state index contributed by atoms with van der Waals surface area (Å²) in [6, 6.07) is 6.74. The van der Waals surface area contributed by atoms with Crippen molar-refractivity contribution in [1.82, 2.24) is 0 Å². The van der Waals surface area contributed by atoms with Crippen LogP contribution in [0.15, 0.2) is 33.5 Å². The third kappa shape index (κ3) is 5.54. The van der Waals surface area contributed by atoms with Crippen LogP contribution in [0.2, 0.25) is 0 Å². The Hall–Kier alpha value is -0.464. The molecule has 1 atom stereocenters. The first-order chi connectivity index (χ1) is 9.68. The summed E-state index contributed by atoms with van der Waals surface area (Å²) in [6.07, 6.45) is 0. The number of nitrogens with one attached hydrogen (secondary N) is 1. The first kappa shape index (κ1) is 22.5. The average Bonchev–Trinajstić information content (AvgIpc) is 2.35. The van der Waals surface area contributed by atoms with Gasteiger partial charge in [-0.15, -0.1) is 0 Å². The first-order valence-corrected chi connectivity index (χ1v) is 6.87. The SMILES string of the molecule is [CH2-]C(C(=O)Nc1ccc2c(C)cc(=O)oc2c1)C(C)(C)C.[CH3-].[K+]. The molecule has 0 aliphatic heterocycles. The zero-order chi connectivity index (χ0) is 15.8. The predicted molar refractivity (Wildman–Crippen MR) is 90.6 cm³/mol. The molecule has 5 heteroatoms. The molecule has 2 rings (SSSR count). The second-order valence-corrected chi connectivity index (χ2v) is 6.37. The Labute approximate surface area is 180 Å². The van der Waals surface area contributed by atoms with Crippen molar-refractivity contribution in [2.24, 2.45) is 11.3 Å². The Morgan fingerprint density at radius 1 is 1.26 bits per heavy atom. The molecule has 1 unspecified atom stereocenters. The number of anilines is 1. The minimum atomic E-state index is -0.395. The van der Waals surface area contributed by atoms with E-state index in [-0.39, 0.29) is 76.1 Å². The summed E-state index contributed by atoms with van der Waals surface area (Å²) < 4.78 is 5.17. The van der Waals surface area contributed by atoms with Gasteiger partial charge in [0.25, 0.3) is 0 Å². The molecule has 0 fully saturated rings. The number of hydrogen-bond acceptors (Lipinski definition) is 3. The van der Waals surface area contributed by atoms with E-state index in [1.165, 1.54) is 6.07 Å². The number of amides is 1. The Morgan fingerprint density at radius 3 is 2.43 bits per heavy atom. The number of carbonyl (C=O) groups excluding carboxylic acids is 1. The van der Waals surface area contributed by atoms with Crippen molar-refractivity contribution >= 4 is 22.6 Å². The number of carbonyl (C=O) groups is 1. The predicted octanol–water partition coefficient (Wildman–Crippen LogP) is 0.991. The molecule has 1 aromatic heterocycles. The number of benzene rings is 1. The number of aryl methyl sites for hydroxylation is 1. The van der Waals surface area contributed by atoms with Crippen LogP contribution in [0, 0.1) is 32.6 Å². The second kappa shape index (κ2) is 8.58. The van der Waals surface area contributed by atoms with Crippen molar-refractivity contribution in [3.63, 3.8) is 0 Å². The number of rotatable bonds is 2. The maximum atomic E-state index is 12.2. The molecule has 1 amide bonds. The fourth-order valence-corrected chi connectivity index (χ4v) is 2.03. The van der Waals surface area contributed by atoms with Gasteiger partial charge in [0.2, 0.25) is 0 Å². The maximum Gasteiger partial charge on any atom is 1.00 e. The molecule has 2 aromatic rings. The molecular formula is C18H23KNO3-. The van der Waals surface area contributed by atoms with Crippen LogP contribution in [-0.4, -0.2) is 5.91 Å². The standard InChI is InChI=1S/C17H20NO3.CH3.K/c1-10-8-15(19)21-14-9-12(6-7-13(10)14)18-16(20)11(2)17(3,4)5;;/h6-9,11H,2H2,1,3-5H3,(H,18,20);1H3;/q2*-1;+1. The van der Waals surface area contributed by atoms with Gasteiger partial charge in [-0.2, -0.15) is 0 Å². The van der Waals surface area contributed by atoms with E-state index in [0.717, 1.165) is 10.9 Å². The summed E-state index contributed by atoms with van der Waals surface area (Å²) in [7, 11) is 0. The van der Waals surface area contributed by atoms with E-state index in [2.05, 4.69) is 12.2 Å². The Morgan fingerprint density at radius 2 is 1.87 bits per heavy atom. The van der Waals surface area contributed by atoms with E-state index in [1.807, 2.05) is 33.8 Å². The van der Waals surface area contributed by atoms with Gasteiger partial charge in [-0.25, -0.2) is 4.79 Å². The van der Waals surface area contributed by atoms with Crippen molar-refractivity contribution in [3.8, 4) is 0 Å². The molecule has 0 saturated heterocycles.